The summed E-state index contributed by atoms with van der Waals surface area (Å²) in [7, 11) is 0. The Morgan fingerprint density at radius 1 is 1.00 bits per heavy atom. The van der Waals surface area contributed by atoms with Crippen LogP contribution in [0.3, 0.4) is 0 Å². The van der Waals surface area contributed by atoms with Gasteiger partial charge in [0.15, 0.2) is 5.82 Å². The van der Waals surface area contributed by atoms with E-state index in [-0.39, 0.29) is 5.91 Å². The molecular weight excluding hydrogens is 402 g/mol. The molecule has 8 nitrogen and oxygen atoms in total. The highest BCUT2D eigenvalue weighted by atomic mass is 16.1. The second kappa shape index (κ2) is 8.43. The van der Waals surface area contributed by atoms with Crippen molar-refractivity contribution in [3.05, 3.63) is 78.8 Å². The van der Waals surface area contributed by atoms with Gasteiger partial charge in [0.25, 0.3) is 5.78 Å². The number of nitrogens with one attached hydrogen (secondary N) is 2. The van der Waals surface area contributed by atoms with Gasteiger partial charge in [-0.25, -0.2) is 4.98 Å². The maximum Gasteiger partial charge on any atom is 0.254 e. The topological polar surface area (TPSA) is 97.1 Å². The monoisotopic (exact) mass is 423 g/mol. The van der Waals surface area contributed by atoms with Crippen molar-refractivity contribution < 1.29 is 4.79 Å². The Bertz CT molecular complexity index is 1410. The molecule has 3 heterocycles. The van der Waals surface area contributed by atoms with Gasteiger partial charge in [-0.3, -0.25) is 9.78 Å². The summed E-state index contributed by atoms with van der Waals surface area (Å²) >= 11 is 0. The third-order valence-electron chi connectivity index (χ3n) is 5.05. The Labute approximate surface area is 184 Å². The van der Waals surface area contributed by atoms with Gasteiger partial charge in [0.2, 0.25) is 5.91 Å². The number of pyridine rings is 1. The smallest absolute Gasteiger partial charge is 0.254 e. The van der Waals surface area contributed by atoms with Crippen molar-refractivity contribution in [1.82, 2.24) is 24.6 Å². The van der Waals surface area contributed by atoms with Crippen LogP contribution < -0.4 is 10.6 Å². The number of fused-ring (bicyclic) bond motifs is 2. The van der Waals surface area contributed by atoms with Crippen molar-refractivity contribution in [2.45, 2.75) is 13.3 Å². The molecule has 0 radical (unpaired) electrons. The highest BCUT2D eigenvalue weighted by molar-refractivity contribution is 5.94. The maximum atomic E-state index is 12.5. The number of aryl methyl sites for hydroxylation is 1. The molecule has 1 amide bonds. The van der Waals surface area contributed by atoms with Gasteiger partial charge in [0.05, 0.1) is 0 Å². The minimum absolute atomic E-state index is 0.0653. The van der Waals surface area contributed by atoms with Crippen molar-refractivity contribution in [3.8, 4) is 11.4 Å². The number of amides is 1. The molecule has 0 unspecified atom stereocenters. The Morgan fingerprint density at radius 3 is 2.72 bits per heavy atom. The lowest BCUT2D eigenvalue weighted by Gasteiger charge is -2.09. The highest BCUT2D eigenvalue weighted by Gasteiger charge is 2.12. The Morgan fingerprint density at radius 2 is 1.88 bits per heavy atom. The quantitative estimate of drug-likeness (QED) is 0.427. The number of benzene rings is 2. The first-order valence-electron chi connectivity index (χ1n) is 10.3. The van der Waals surface area contributed by atoms with Gasteiger partial charge in [0, 0.05) is 48.4 Å². The molecule has 3 aromatic heterocycles. The predicted molar refractivity (Wildman–Crippen MR) is 124 cm³/mol. The second-order valence-corrected chi connectivity index (χ2v) is 7.46. The van der Waals surface area contributed by atoms with Crippen LogP contribution in [-0.4, -0.2) is 37.0 Å². The van der Waals surface area contributed by atoms with Gasteiger partial charge in [-0.2, -0.15) is 9.50 Å². The lowest BCUT2D eigenvalue weighted by Crippen LogP contribution is -2.17. The number of hydrogen-bond acceptors (Lipinski definition) is 6. The Kier molecular flexibility index (Phi) is 5.17. The van der Waals surface area contributed by atoms with Gasteiger partial charge in [-0.15, -0.1) is 5.10 Å². The summed E-state index contributed by atoms with van der Waals surface area (Å²) in [6, 6.07) is 19.6. The van der Waals surface area contributed by atoms with E-state index in [1.165, 1.54) is 0 Å². The standard InChI is InChI=1S/C24H21N7O/c1-16-13-21(31-24(27-16)29-23(30-31)19-7-4-11-25-15-19)26-12-10-22(32)28-20-9-8-17-5-2-3-6-18(17)14-20/h2-9,11,13-15,26H,10,12H2,1H3,(H,28,32). The van der Waals surface area contributed by atoms with Crippen LogP contribution in [0.1, 0.15) is 12.1 Å². The van der Waals surface area contributed by atoms with Crippen LogP contribution in [-0.2, 0) is 4.79 Å². The summed E-state index contributed by atoms with van der Waals surface area (Å²) in [6.07, 6.45) is 3.73. The summed E-state index contributed by atoms with van der Waals surface area (Å²) in [4.78, 5) is 25.5. The number of carbonyl (C=O) groups excluding carboxylic acids is 1. The molecule has 0 spiro atoms. The molecule has 0 atom stereocenters. The van der Waals surface area contributed by atoms with Crippen molar-refractivity contribution in [2.75, 3.05) is 17.2 Å². The van der Waals surface area contributed by atoms with Crippen LogP contribution in [0.5, 0.6) is 0 Å². The van der Waals surface area contributed by atoms with E-state index >= 15 is 0 Å². The zero-order chi connectivity index (χ0) is 21.9. The molecule has 2 aromatic carbocycles. The van der Waals surface area contributed by atoms with E-state index in [0.29, 0.717) is 24.6 Å². The first-order chi connectivity index (χ1) is 15.7. The summed E-state index contributed by atoms with van der Waals surface area (Å²) in [6.45, 7) is 2.34. The predicted octanol–water partition coefficient (Wildman–Crippen LogP) is 4.09. The van der Waals surface area contributed by atoms with E-state index in [1.54, 1.807) is 16.9 Å². The molecule has 2 N–H and O–H groups in total. The van der Waals surface area contributed by atoms with Crippen LogP contribution in [0.2, 0.25) is 0 Å². The molecule has 8 heteroatoms. The van der Waals surface area contributed by atoms with E-state index in [1.807, 2.05) is 67.6 Å². The molecule has 5 rings (SSSR count). The van der Waals surface area contributed by atoms with Gasteiger partial charge < -0.3 is 10.6 Å². The molecule has 0 saturated heterocycles. The minimum atomic E-state index is -0.0653. The Hall–Kier alpha value is -4.33. The van der Waals surface area contributed by atoms with E-state index in [0.717, 1.165) is 33.5 Å². The zero-order valence-corrected chi connectivity index (χ0v) is 17.5. The zero-order valence-electron chi connectivity index (χ0n) is 17.5. The minimum Gasteiger partial charge on any atom is -0.369 e. The molecule has 5 aromatic rings. The van der Waals surface area contributed by atoms with E-state index < -0.39 is 0 Å². The summed E-state index contributed by atoms with van der Waals surface area (Å²) in [5.41, 5.74) is 2.41. The fraction of sp³-hybridized carbons (Fsp3) is 0.125. The first kappa shape index (κ1) is 19.6. The van der Waals surface area contributed by atoms with Crippen molar-refractivity contribution in [2.24, 2.45) is 0 Å². The third kappa shape index (κ3) is 4.11. The van der Waals surface area contributed by atoms with Crippen LogP contribution in [0.4, 0.5) is 11.5 Å². The molecule has 0 aliphatic carbocycles. The lowest BCUT2D eigenvalue weighted by atomic mass is 10.1. The molecule has 32 heavy (non-hydrogen) atoms. The molecule has 0 bridgehead atoms. The summed E-state index contributed by atoms with van der Waals surface area (Å²) < 4.78 is 1.65. The molecule has 0 aliphatic rings. The summed E-state index contributed by atoms with van der Waals surface area (Å²) in [5, 5.41) is 13.0. The van der Waals surface area contributed by atoms with Gasteiger partial charge >= 0.3 is 0 Å². The number of anilines is 2. The maximum absolute atomic E-state index is 12.5. The average Bonchev–Trinajstić information content (AvgIpc) is 3.24. The highest BCUT2D eigenvalue weighted by Crippen LogP contribution is 2.20. The Balaban J connectivity index is 1.27. The fourth-order valence-corrected chi connectivity index (χ4v) is 3.52. The average molecular weight is 423 g/mol. The van der Waals surface area contributed by atoms with Crippen molar-refractivity contribution >= 4 is 34.0 Å². The van der Waals surface area contributed by atoms with E-state index in [4.69, 9.17) is 0 Å². The number of rotatable bonds is 6. The van der Waals surface area contributed by atoms with E-state index in [2.05, 4.69) is 30.7 Å². The van der Waals surface area contributed by atoms with Crippen molar-refractivity contribution in [1.29, 1.82) is 0 Å². The van der Waals surface area contributed by atoms with Crippen molar-refractivity contribution in [3.63, 3.8) is 0 Å². The molecule has 0 fully saturated rings. The molecule has 158 valence electrons. The largest absolute Gasteiger partial charge is 0.369 e. The molecule has 0 saturated carbocycles. The third-order valence-corrected chi connectivity index (χ3v) is 5.05. The van der Waals surface area contributed by atoms with Crippen LogP contribution in [0.15, 0.2) is 73.1 Å². The molecular formula is C24H21N7O. The number of nitrogens with zero attached hydrogens (tertiary/aromatic N) is 5. The van der Waals surface area contributed by atoms with Crippen LogP contribution in [0, 0.1) is 6.92 Å². The van der Waals surface area contributed by atoms with Gasteiger partial charge in [0.1, 0.15) is 5.82 Å². The fourth-order valence-electron chi connectivity index (χ4n) is 3.52. The number of carbonyl (C=O) groups is 1. The van der Waals surface area contributed by atoms with Crippen LogP contribution >= 0.6 is 0 Å². The second-order valence-electron chi connectivity index (χ2n) is 7.46. The SMILES string of the molecule is Cc1cc(NCCC(=O)Nc2ccc3ccccc3c2)n2nc(-c3cccnc3)nc2n1. The molecule has 0 aliphatic heterocycles. The van der Waals surface area contributed by atoms with Gasteiger partial charge in [-0.05, 0) is 42.0 Å². The van der Waals surface area contributed by atoms with Gasteiger partial charge in [-0.1, -0.05) is 30.3 Å². The first-order valence-corrected chi connectivity index (χ1v) is 10.3. The van der Waals surface area contributed by atoms with Crippen LogP contribution in [0.25, 0.3) is 27.9 Å². The normalized spacial score (nSPS) is 11.0. The lowest BCUT2D eigenvalue weighted by molar-refractivity contribution is -0.115. The number of hydrogen-bond donors (Lipinski definition) is 2. The van der Waals surface area contributed by atoms with E-state index in [9.17, 15) is 4.79 Å². The summed E-state index contributed by atoms with van der Waals surface area (Å²) in [5.74, 6) is 1.71. The number of aromatic nitrogens is 5.